The number of hydrogen-bond acceptors (Lipinski definition) is 4. The third-order valence-electron chi connectivity index (χ3n) is 3.81. The average Bonchev–Trinajstić information content (AvgIpc) is 3.03. The number of benzene rings is 1. The van der Waals surface area contributed by atoms with E-state index in [4.69, 9.17) is 4.74 Å². The first-order valence-electron chi connectivity index (χ1n) is 6.99. The summed E-state index contributed by atoms with van der Waals surface area (Å²) in [5.74, 6) is 0.915. The predicted octanol–water partition coefficient (Wildman–Crippen LogP) is 2.75. The molecule has 1 unspecified atom stereocenters. The first kappa shape index (κ1) is 13.6. The van der Waals surface area contributed by atoms with Crippen LogP contribution >= 0.6 is 11.3 Å². The molecule has 3 rings (SSSR count). The van der Waals surface area contributed by atoms with Gasteiger partial charge in [0.05, 0.1) is 13.2 Å². The van der Waals surface area contributed by atoms with Gasteiger partial charge in [-0.25, -0.2) is 0 Å². The molecule has 0 amide bonds. The SMILES string of the molecule is COc1ccc(C(c2ccsc2)N2CCNCC2)cc1. The number of piperazine rings is 1. The van der Waals surface area contributed by atoms with Crippen LogP contribution in [0.5, 0.6) is 5.75 Å². The Labute approximate surface area is 124 Å². The number of rotatable bonds is 4. The highest BCUT2D eigenvalue weighted by Crippen LogP contribution is 2.31. The van der Waals surface area contributed by atoms with Crippen LogP contribution in [0.4, 0.5) is 0 Å². The van der Waals surface area contributed by atoms with Gasteiger partial charge in [-0.3, -0.25) is 4.90 Å². The highest BCUT2D eigenvalue weighted by atomic mass is 32.1. The largest absolute Gasteiger partial charge is 0.497 e. The molecule has 1 aromatic carbocycles. The minimum atomic E-state index is 0.356. The van der Waals surface area contributed by atoms with E-state index in [1.165, 1.54) is 11.1 Å². The second-order valence-corrected chi connectivity index (χ2v) is 5.80. The summed E-state index contributed by atoms with van der Waals surface area (Å²) in [5, 5.41) is 7.85. The molecule has 2 heterocycles. The maximum absolute atomic E-state index is 5.26. The zero-order valence-electron chi connectivity index (χ0n) is 11.7. The summed E-state index contributed by atoms with van der Waals surface area (Å²) < 4.78 is 5.26. The first-order chi connectivity index (χ1) is 9.88. The van der Waals surface area contributed by atoms with Crippen LogP contribution in [0.2, 0.25) is 0 Å². The van der Waals surface area contributed by atoms with Crippen molar-refractivity contribution in [3.8, 4) is 5.75 Å². The van der Waals surface area contributed by atoms with Gasteiger partial charge < -0.3 is 10.1 Å². The Bertz CT molecular complexity index is 518. The Morgan fingerprint density at radius 2 is 1.85 bits per heavy atom. The van der Waals surface area contributed by atoms with Gasteiger partial charge in [-0.2, -0.15) is 11.3 Å². The highest BCUT2D eigenvalue weighted by molar-refractivity contribution is 7.08. The first-order valence-corrected chi connectivity index (χ1v) is 7.93. The van der Waals surface area contributed by atoms with Gasteiger partial charge in [0.15, 0.2) is 0 Å². The van der Waals surface area contributed by atoms with Crippen molar-refractivity contribution in [2.24, 2.45) is 0 Å². The summed E-state index contributed by atoms with van der Waals surface area (Å²) in [6.07, 6.45) is 0. The van der Waals surface area contributed by atoms with E-state index in [9.17, 15) is 0 Å². The molecule has 0 spiro atoms. The molecule has 1 atom stereocenters. The predicted molar refractivity (Wildman–Crippen MR) is 83.6 cm³/mol. The lowest BCUT2D eigenvalue weighted by Gasteiger charge is -2.35. The summed E-state index contributed by atoms with van der Waals surface area (Å²) >= 11 is 1.77. The normalized spacial score (nSPS) is 17.9. The van der Waals surface area contributed by atoms with Gasteiger partial charge in [0, 0.05) is 26.2 Å². The molecule has 1 aliphatic rings. The zero-order valence-corrected chi connectivity index (χ0v) is 12.5. The number of nitrogens with one attached hydrogen (secondary N) is 1. The van der Waals surface area contributed by atoms with Gasteiger partial charge in [-0.15, -0.1) is 0 Å². The number of nitrogens with zero attached hydrogens (tertiary/aromatic N) is 1. The highest BCUT2D eigenvalue weighted by Gasteiger charge is 2.24. The maximum atomic E-state index is 5.26. The number of thiophene rings is 1. The molecule has 0 radical (unpaired) electrons. The smallest absolute Gasteiger partial charge is 0.118 e. The van der Waals surface area contributed by atoms with Gasteiger partial charge in [-0.05, 0) is 40.1 Å². The molecule has 0 saturated carbocycles. The Morgan fingerprint density at radius 1 is 1.10 bits per heavy atom. The van der Waals surface area contributed by atoms with Crippen molar-refractivity contribution < 1.29 is 4.74 Å². The molecule has 1 aromatic heterocycles. The molecular weight excluding hydrogens is 268 g/mol. The number of methoxy groups -OCH3 is 1. The molecule has 2 aromatic rings. The third-order valence-corrected chi connectivity index (χ3v) is 4.51. The van der Waals surface area contributed by atoms with Gasteiger partial charge in [0.2, 0.25) is 0 Å². The van der Waals surface area contributed by atoms with Crippen LogP contribution in [-0.4, -0.2) is 38.2 Å². The lowest BCUT2D eigenvalue weighted by Crippen LogP contribution is -2.45. The molecule has 0 bridgehead atoms. The summed E-state index contributed by atoms with van der Waals surface area (Å²) in [7, 11) is 1.71. The second-order valence-electron chi connectivity index (χ2n) is 5.02. The van der Waals surface area contributed by atoms with Gasteiger partial charge in [0.25, 0.3) is 0 Å². The molecule has 0 aliphatic carbocycles. The van der Waals surface area contributed by atoms with E-state index in [1.807, 2.05) is 0 Å². The quantitative estimate of drug-likeness (QED) is 0.936. The molecule has 1 saturated heterocycles. The van der Waals surface area contributed by atoms with Crippen molar-refractivity contribution in [1.82, 2.24) is 10.2 Å². The summed E-state index contributed by atoms with van der Waals surface area (Å²) in [4.78, 5) is 2.56. The summed E-state index contributed by atoms with van der Waals surface area (Å²) in [6, 6.07) is 11.1. The fourth-order valence-electron chi connectivity index (χ4n) is 2.77. The monoisotopic (exact) mass is 288 g/mol. The maximum Gasteiger partial charge on any atom is 0.118 e. The standard InChI is InChI=1S/C16H20N2OS/c1-19-15-4-2-13(3-5-15)16(14-6-11-20-12-14)18-9-7-17-8-10-18/h2-6,11-12,16-17H,7-10H2,1H3. The minimum Gasteiger partial charge on any atom is -0.497 e. The Kier molecular flexibility index (Phi) is 4.35. The van der Waals surface area contributed by atoms with E-state index < -0.39 is 0 Å². The Morgan fingerprint density at radius 3 is 2.45 bits per heavy atom. The van der Waals surface area contributed by atoms with E-state index in [-0.39, 0.29) is 0 Å². The Hall–Kier alpha value is -1.36. The van der Waals surface area contributed by atoms with Crippen molar-refractivity contribution in [2.45, 2.75) is 6.04 Å². The molecule has 3 nitrogen and oxygen atoms in total. The van der Waals surface area contributed by atoms with Crippen molar-refractivity contribution >= 4 is 11.3 Å². The molecule has 1 aliphatic heterocycles. The van der Waals surface area contributed by atoms with Crippen LogP contribution in [0.25, 0.3) is 0 Å². The van der Waals surface area contributed by atoms with Crippen molar-refractivity contribution in [2.75, 3.05) is 33.3 Å². The van der Waals surface area contributed by atoms with Crippen LogP contribution in [0.15, 0.2) is 41.1 Å². The lowest BCUT2D eigenvalue weighted by molar-refractivity contribution is 0.198. The zero-order chi connectivity index (χ0) is 13.8. The van der Waals surface area contributed by atoms with Gasteiger partial charge in [0.1, 0.15) is 5.75 Å². The Balaban J connectivity index is 1.91. The van der Waals surface area contributed by atoms with Gasteiger partial charge >= 0.3 is 0 Å². The molecule has 1 N–H and O–H groups in total. The minimum absolute atomic E-state index is 0.356. The van der Waals surface area contributed by atoms with E-state index >= 15 is 0 Å². The van der Waals surface area contributed by atoms with Crippen molar-refractivity contribution in [3.05, 3.63) is 52.2 Å². The molecule has 4 heteroatoms. The fourth-order valence-corrected chi connectivity index (χ4v) is 3.45. The van der Waals surface area contributed by atoms with Crippen LogP contribution in [0.1, 0.15) is 17.2 Å². The lowest BCUT2D eigenvalue weighted by atomic mass is 9.99. The molecule has 106 valence electrons. The second kappa shape index (κ2) is 6.39. The molecule has 20 heavy (non-hydrogen) atoms. The fraction of sp³-hybridized carbons (Fsp3) is 0.375. The van der Waals surface area contributed by atoms with Crippen LogP contribution < -0.4 is 10.1 Å². The van der Waals surface area contributed by atoms with Gasteiger partial charge in [-0.1, -0.05) is 12.1 Å². The van der Waals surface area contributed by atoms with E-state index in [0.29, 0.717) is 6.04 Å². The third kappa shape index (κ3) is 2.87. The van der Waals surface area contributed by atoms with E-state index in [1.54, 1.807) is 18.4 Å². The number of ether oxygens (including phenoxy) is 1. The molecule has 1 fully saturated rings. The van der Waals surface area contributed by atoms with E-state index in [2.05, 4.69) is 51.3 Å². The summed E-state index contributed by atoms with van der Waals surface area (Å²) in [5.41, 5.74) is 2.73. The molecular formula is C16H20N2OS. The van der Waals surface area contributed by atoms with Crippen LogP contribution in [0, 0.1) is 0 Å². The van der Waals surface area contributed by atoms with Crippen LogP contribution in [-0.2, 0) is 0 Å². The number of hydrogen-bond donors (Lipinski definition) is 1. The van der Waals surface area contributed by atoms with E-state index in [0.717, 1.165) is 31.9 Å². The average molecular weight is 288 g/mol. The topological polar surface area (TPSA) is 24.5 Å². The van der Waals surface area contributed by atoms with Crippen molar-refractivity contribution in [3.63, 3.8) is 0 Å². The van der Waals surface area contributed by atoms with Crippen LogP contribution in [0.3, 0.4) is 0 Å². The van der Waals surface area contributed by atoms with Crippen molar-refractivity contribution in [1.29, 1.82) is 0 Å². The summed E-state index contributed by atoms with van der Waals surface area (Å²) in [6.45, 7) is 4.31.